The van der Waals surface area contributed by atoms with Gasteiger partial charge in [0, 0.05) is 24.7 Å². The minimum Gasteiger partial charge on any atom is -0.356 e. The van der Waals surface area contributed by atoms with Crippen LogP contribution in [0.5, 0.6) is 0 Å². The van der Waals surface area contributed by atoms with E-state index < -0.39 is 21.8 Å². The van der Waals surface area contributed by atoms with Gasteiger partial charge in [-0.05, 0) is 49.6 Å². The monoisotopic (exact) mass is 527 g/mol. The molecule has 3 aromatic rings. The van der Waals surface area contributed by atoms with Crippen molar-refractivity contribution in [2.75, 3.05) is 22.7 Å². The first kappa shape index (κ1) is 26.7. The smallest absolute Gasteiger partial charge is 0.356 e. The number of rotatable bonds is 5. The van der Waals surface area contributed by atoms with Gasteiger partial charge in [-0.2, -0.15) is 21.6 Å². The van der Waals surface area contributed by atoms with Gasteiger partial charge in [0.15, 0.2) is 5.03 Å². The highest BCUT2D eigenvalue weighted by atomic mass is 35.5. The first-order chi connectivity index (χ1) is 16.0. The number of halogens is 4. The number of aryl methyl sites for hydroxylation is 1. The van der Waals surface area contributed by atoms with Crippen molar-refractivity contribution in [3.05, 3.63) is 65.7 Å². The summed E-state index contributed by atoms with van der Waals surface area (Å²) in [4.78, 5) is 10.3. The second kappa shape index (κ2) is 10.4. The maximum Gasteiger partial charge on any atom is 0.418 e. The molecule has 1 aliphatic rings. The zero-order valence-corrected chi connectivity index (χ0v) is 20.4. The van der Waals surface area contributed by atoms with E-state index >= 15 is 0 Å². The highest BCUT2D eigenvalue weighted by Crippen LogP contribution is 2.38. The average Bonchev–Trinajstić information content (AvgIpc) is 2.79. The highest BCUT2D eigenvalue weighted by molar-refractivity contribution is 7.92. The zero-order valence-electron chi connectivity index (χ0n) is 18.8. The summed E-state index contributed by atoms with van der Waals surface area (Å²) in [5.74, 6) is 0.262. The first-order valence-corrected chi connectivity index (χ1v) is 12.2. The lowest BCUT2D eigenvalue weighted by Gasteiger charge is -2.31. The Morgan fingerprint density at radius 2 is 1.69 bits per heavy atom. The van der Waals surface area contributed by atoms with Crippen molar-refractivity contribution in [3.63, 3.8) is 0 Å². The summed E-state index contributed by atoms with van der Waals surface area (Å²) in [6.07, 6.45) is -3.11. The van der Waals surface area contributed by atoms with Crippen LogP contribution in [0.2, 0.25) is 0 Å². The van der Waals surface area contributed by atoms with Gasteiger partial charge in [-0.15, -0.1) is 12.4 Å². The van der Waals surface area contributed by atoms with E-state index in [2.05, 4.69) is 14.7 Å². The van der Waals surface area contributed by atoms with Gasteiger partial charge in [-0.25, -0.2) is 9.97 Å². The highest BCUT2D eigenvalue weighted by Gasteiger charge is 2.35. The summed E-state index contributed by atoms with van der Waals surface area (Å²) in [5, 5.41) is -0.251. The number of pyridine rings is 2. The van der Waals surface area contributed by atoms with Gasteiger partial charge in [0.2, 0.25) is 0 Å². The second-order valence-electron chi connectivity index (χ2n) is 8.17. The fraction of sp³-hybridized carbons (Fsp3) is 0.304. The minimum atomic E-state index is -4.66. The fourth-order valence-corrected chi connectivity index (χ4v) is 4.80. The largest absolute Gasteiger partial charge is 0.418 e. The SMILES string of the molecule is Cc1ccccc1-c1nc(NS(=O)(=O)c2cccc(N3CCC(N)CC3)n2)ccc1C(F)(F)F.Cl. The van der Waals surface area contributed by atoms with Crippen LogP contribution in [0.15, 0.2) is 59.6 Å². The van der Waals surface area contributed by atoms with Gasteiger partial charge in [0.05, 0.1) is 11.3 Å². The minimum absolute atomic E-state index is 0. The molecular formula is C23H25ClF3N5O2S. The number of hydrogen-bond donors (Lipinski definition) is 2. The van der Waals surface area contributed by atoms with E-state index in [-0.39, 0.29) is 40.6 Å². The molecule has 0 saturated carbocycles. The van der Waals surface area contributed by atoms with Crippen LogP contribution in [0.25, 0.3) is 11.3 Å². The zero-order chi connectivity index (χ0) is 24.5. The van der Waals surface area contributed by atoms with Crippen molar-refractivity contribution in [1.82, 2.24) is 9.97 Å². The lowest BCUT2D eigenvalue weighted by atomic mass is 10.0. The lowest BCUT2D eigenvalue weighted by molar-refractivity contribution is -0.137. The summed E-state index contributed by atoms with van der Waals surface area (Å²) in [5.41, 5.74) is 5.47. The number of nitrogens with zero attached hydrogens (tertiary/aromatic N) is 3. The van der Waals surface area contributed by atoms with Gasteiger partial charge >= 0.3 is 6.18 Å². The molecule has 0 unspecified atom stereocenters. The molecule has 4 rings (SSSR count). The number of nitrogens with two attached hydrogens (primary N) is 1. The molecule has 0 spiro atoms. The Hall–Kier alpha value is -2.89. The van der Waals surface area contributed by atoms with Gasteiger partial charge in [0.25, 0.3) is 10.0 Å². The molecule has 2 aromatic heterocycles. The van der Waals surface area contributed by atoms with Crippen LogP contribution in [0.1, 0.15) is 24.0 Å². The van der Waals surface area contributed by atoms with Crippen molar-refractivity contribution in [3.8, 4) is 11.3 Å². The number of nitrogens with one attached hydrogen (secondary N) is 1. The van der Waals surface area contributed by atoms with E-state index in [0.717, 1.165) is 25.0 Å². The molecular weight excluding hydrogens is 503 g/mol. The van der Waals surface area contributed by atoms with Crippen molar-refractivity contribution in [2.24, 2.45) is 5.73 Å². The van der Waals surface area contributed by atoms with Gasteiger partial charge < -0.3 is 10.6 Å². The Labute approximate surface area is 208 Å². The fourth-order valence-electron chi connectivity index (χ4n) is 3.84. The average molecular weight is 528 g/mol. The molecule has 12 heteroatoms. The van der Waals surface area contributed by atoms with Crippen LogP contribution in [0.4, 0.5) is 24.8 Å². The Balaban J connectivity index is 0.00000342. The summed E-state index contributed by atoms with van der Waals surface area (Å²) in [7, 11) is -4.20. The van der Waals surface area contributed by atoms with Crippen LogP contribution in [0.3, 0.4) is 0 Å². The first-order valence-electron chi connectivity index (χ1n) is 10.7. The molecule has 188 valence electrons. The standard InChI is InChI=1S/C23H24F3N5O2S.ClH/c1-15-5-2-3-6-17(15)22-18(23(24,25)26)9-10-19(28-22)30-34(32,33)21-8-4-7-20(29-21)31-13-11-16(27)12-14-31;/h2-10,16H,11-14,27H2,1H3,(H,28,30);1H. The van der Waals surface area contributed by atoms with Crippen LogP contribution in [-0.2, 0) is 16.2 Å². The molecule has 35 heavy (non-hydrogen) atoms. The molecule has 0 radical (unpaired) electrons. The Kier molecular flexibility index (Phi) is 7.93. The van der Waals surface area contributed by atoms with Crippen LogP contribution in [-0.4, -0.2) is 37.5 Å². The number of sulfonamides is 1. The molecule has 0 aliphatic carbocycles. The Morgan fingerprint density at radius 1 is 1.00 bits per heavy atom. The van der Waals surface area contributed by atoms with Crippen molar-refractivity contribution < 1.29 is 21.6 Å². The maximum absolute atomic E-state index is 13.6. The molecule has 7 nitrogen and oxygen atoms in total. The Morgan fingerprint density at radius 3 is 2.34 bits per heavy atom. The lowest BCUT2D eigenvalue weighted by Crippen LogP contribution is -2.40. The molecule has 0 bridgehead atoms. The van der Waals surface area contributed by atoms with Crippen molar-refractivity contribution in [1.29, 1.82) is 0 Å². The quantitative estimate of drug-likeness (QED) is 0.502. The topological polar surface area (TPSA) is 101 Å². The van der Waals surface area contributed by atoms with E-state index in [4.69, 9.17) is 5.73 Å². The predicted octanol–water partition coefficient (Wildman–Crippen LogP) is 4.62. The third kappa shape index (κ3) is 6.03. The van der Waals surface area contributed by atoms with Crippen LogP contribution >= 0.6 is 12.4 Å². The van der Waals surface area contributed by atoms with E-state index in [1.807, 2.05) is 4.90 Å². The number of aromatic nitrogens is 2. The number of anilines is 2. The van der Waals surface area contributed by atoms with E-state index in [1.54, 1.807) is 37.3 Å². The van der Waals surface area contributed by atoms with Crippen molar-refractivity contribution >= 4 is 34.1 Å². The summed E-state index contributed by atoms with van der Waals surface area (Å²) < 4.78 is 69.2. The van der Waals surface area contributed by atoms with Gasteiger partial charge in [-0.3, -0.25) is 4.72 Å². The summed E-state index contributed by atoms with van der Waals surface area (Å²) in [6.45, 7) is 2.98. The van der Waals surface area contributed by atoms with E-state index in [0.29, 0.717) is 24.5 Å². The third-order valence-corrected chi connectivity index (χ3v) is 6.94. The molecule has 3 heterocycles. The van der Waals surface area contributed by atoms with E-state index in [9.17, 15) is 21.6 Å². The molecule has 1 aromatic carbocycles. The second-order valence-corrected chi connectivity index (χ2v) is 9.80. The summed E-state index contributed by atoms with van der Waals surface area (Å²) in [6, 6.07) is 13.0. The van der Waals surface area contributed by atoms with Gasteiger partial charge in [0.1, 0.15) is 11.6 Å². The molecule has 1 saturated heterocycles. The van der Waals surface area contributed by atoms with E-state index in [1.165, 1.54) is 12.1 Å². The maximum atomic E-state index is 13.6. The molecule has 1 aliphatic heterocycles. The molecule has 1 fully saturated rings. The Bertz CT molecular complexity index is 1300. The number of piperidine rings is 1. The van der Waals surface area contributed by atoms with Crippen LogP contribution < -0.4 is 15.4 Å². The molecule has 3 N–H and O–H groups in total. The molecule has 0 amide bonds. The van der Waals surface area contributed by atoms with Crippen LogP contribution in [0, 0.1) is 6.92 Å². The number of hydrogen-bond acceptors (Lipinski definition) is 6. The molecule has 0 atom stereocenters. The number of benzene rings is 1. The summed E-state index contributed by atoms with van der Waals surface area (Å²) >= 11 is 0. The van der Waals surface area contributed by atoms with Gasteiger partial charge in [-0.1, -0.05) is 30.3 Å². The number of alkyl halides is 3. The third-order valence-electron chi connectivity index (χ3n) is 5.69. The van der Waals surface area contributed by atoms with Crippen molar-refractivity contribution in [2.45, 2.75) is 37.0 Å². The normalized spacial score (nSPS) is 14.9. The predicted molar refractivity (Wildman–Crippen MR) is 131 cm³/mol.